The van der Waals surface area contributed by atoms with Crippen LogP contribution in [0.15, 0.2) is 0 Å². The number of carbonyl (C=O) groups is 1. The zero-order chi connectivity index (χ0) is 22.1. The Bertz CT molecular complexity index is 565. The molecule has 2 saturated heterocycles. The van der Waals surface area contributed by atoms with Crippen LogP contribution in [-0.4, -0.2) is 114 Å². The standard InChI is InChI=1S/C17H30NO11/c1-6-12(23)15(26)14(25)10(28-6)4-17(27)3-8(21)11(18-7(2)20)16(29-17)13(24)9(22)5-19/h6,8-9,11-16,19,21-27H,3-5H2,1-2H3,(H,18,20)/t6-,8+,9-,11-,12+,13-,14+,15+,16-,17+/m1/s1. The van der Waals surface area contributed by atoms with E-state index in [0.29, 0.717) is 0 Å². The van der Waals surface area contributed by atoms with Gasteiger partial charge in [0, 0.05) is 19.8 Å². The molecule has 2 aliphatic rings. The lowest BCUT2D eigenvalue weighted by Crippen LogP contribution is -2.66. The average Bonchev–Trinajstić information content (AvgIpc) is 2.64. The molecule has 169 valence electrons. The monoisotopic (exact) mass is 424 g/mol. The van der Waals surface area contributed by atoms with Crippen LogP contribution in [0.25, 0.3) is 0 Å². The summed E-state index contributed by atoms with van der Waals surface area (Å²) in [6.07, 6.45) is -13.1. The Kier molecular flexibility index (Phi) is 7.95. The van der Waals surface area contributed by atoms with Gasteiger partial charge in [-0.05, 0) is 6.92 Å². The van der Waals surface area contributed by atoms with Gasteiger partial charge in [-0.1, -0.05) is 0 Å². The van der Waals surface area contributed by atoms with Crippen molar-refractivity contribution in [1.29, 1.82) is 0 Å². The summed E-state index contributed by atoms with van der Waals surface area (Å²) in [7, 11) is 0. The Hall–Kier alpha value is -0.930. The van der Waals surface area contributed by atoms with E-state index in [9.17, 15) is 40.5 Å². The molecule has 0 aromatic rings. The van der Waals surface area contributed by atoms with Gasteiger partial charge in [-0.3, -0.25) is 4.79 Å². The summed E-state index contributed by atoms with van der Waals surface area (Å²) < 4.78 is 10.8. The number of aliphatic hydroxyl groups excluding tert-OH is 7. The number of hydrogen-bond acceptors (Lipinski definition) is 11. The molecule has 0 saturated carbocycles. The van der Waals surface area contributed by atoms with E-state index in [1.165, 1.54) is 6.92 Å². The molecule has 12 heteroatoms. The summed E-state index contributed by atoms with van der Waals surface area (Å²) in [5.74, 6) is -2.78. The predicted octanol–water partition coefficient (Wildman–Crippen LogP) is -4.53. The first-order valence-corrected chi connectivity index (χ1v) is 9.29. The van der Waals surface area contributed by atoms with E-state index >= 15 is 0 Å². The molecule has 1 radical (unpaired) electrons. The lowest BCUT2D eigenvalue weighted by Gasteiger charge is -2.48. The largest absolute Gasteiger partial charge is 0.394 e. The molecule has 0 aromatic carbocycles. The van der Waals surface area contributed by atoms with E-state index in [0.717, 1.165) is 6.92 Å². The van der Waals surface area contributed by atoms with Crippen LogP contribution in [0.1, 0.15) is 26.7 Å². The lowest BCUT2D eigenvalue weighted by atomic mass is 9.84. The molecule has 2 heterocycles. The number of nitrogens with one attached hydrogen (secondary N) is 1. The maximum absolute atomic E-state index is 11.4. The molecule has 9 N–H and O–H groups in total. The summed E-state index contributed by atoms with van der Waals surface area (Å²) in [5.41, 5.74) is 0. The van der Waals surface area contributed by atoms with Crippen LogP contribution in [-0.2, 0) is 14.3 Å². The van der Waals surface area contributed by atoms with E-state index in [-0.39, 0.29) is 6.10 Å². The average molecular weight is 424 g/mol. The van der Waals surface area contributed by atoms with Gasteiger partial charge in [0.05, 0.1) is 24.9 Å². The smallest absolute Gasteiger partial charge is 0.217 e. The third kappa shape index (κ3) is 5.41. The first-order valence-electron chi connectivity index (χ1n) is 9.29. The van der Waals surface area contributed by atoms with Gasteiger partial charge in [0.2, 0.25) is 5.91 Å². The summed E-state index contributed by atoms with van der Waals surface area (Å²) in [4.78, 5) is 11.4. The van der Waals surface area contributed by atoms with E-state index in [1.807, 2.05) is 0 Å². The molecule has 0 bridgehead atoms. The third-order valence-corrected chi connectivity index (χ3v) is 5.21. The summed E-state index contributed by atoms with van der Waals surface area (Å²) in [6, 6.07) is -1.21. The van der Waals surface area contributed by atoms with Gasteiger partial charge in [0.15, 0.2) is 5.79 Å². The molecule has 1 amide bonds. The second kappa shape index (κ2) is 9.47. The fourth-order valence-corrected chi connectivity index (χ4v) is 3.63. The summed E-state index contributed by atoms with van der Waals surface area (Å²) in [6.45, 7) is 1.76. The predicted molar refractivity (Wildman–Crippen MR) is 93.6 cm³/mol. The number of aliphatic hydroxyl groups is 8. The highest BCUT2D eigenvalue weighted by Crippen LogP contribution is 2.39. The fraction of sp³-hybridized carbons (Fsp3) is 0.882. The topological polar surface area (TPSA) is 209 Å². The summed E-state index contributed by atoms with van der Waals surface area (Å²) in [5, 5.41) is 82.6. The van der Waals surface area contributed by atoms with E-state index in [4.69, 9.17) is 14.6 Å². The van der Waals surface area contributed by atoms with Gasteiger partial charge < -0.3 is 55.6 Å². The van der Waals surface area contributed by atoms with Crippen LogP contribution in [0.5, 0.6) is 0 Å². The van der Waals surface area contributed by atoms with Crippen LogP contribution in [0.4, 0.5) is 0 Å². The first-order chi connectivity index (χ1) is 13.4. The molecule has 0 aromatic heterocycles. The number of carbonyl (C=O) groups excluding carboxylic acids is 1. The number of ether oxygens (including phenoxy) is 2. The SMILES string of the molecule is CC(=O)N[C@H]1[C@H]([C@H](O)[C@H](O)CO)O[C@](O)(C[C]2O[C@H](C)[C@H](O)[C@H](O)[C@H]2O)C[C@@H]1O. The second-order valence-corrected chi connectivity index (χ2v) is 7.66. The van der Waals surface area contributed by atoms with Crippen molar-refractivity contribution >= 4 is 5.91 Å². The molecule has 0 unspecified atom stereocenters. The zero-order valence-electron chi connectivity index (χ0n) is 16.1. The molecule has 0 aliphatic carbocycles. The minimum atomic E-state index is -2.22. The van der Waals surface area contributed by atoms with Gasteiger partial charge in [-0.25, -0.2) is 0 Å². The molecular formula is C17H30NO11. The van der Waals surface area contributed by atoms with Gasteiger partial charge >= 0.3 is 0 Å². The van der Waals surface area contributed by atoms with Gasteiger partial charge in [-0.15, -0.1) is 0 Å². The minimum Gasteiger partial charge on any atom is -0.394 e. The molecule has 10 atom stereocenters. The summed E-state index contributed by atoms with van der Waals surface area (Å²) >= 11 is 0. The first kappa shape index (κ1) is 24.3. The van der Waals surface area contributed by atoms with Crippen molar-refractivity contribution in [1.82, 2.24) is 5.32 Å². The van der Waals surface area contributed by atoms with Crippen LogP contribution in [0.2, 0.25) is 0 Å². The maximum atomic E-state index is 11.4. The van der Waals surface area contributed by atoms with E-state index in [2.05, 4.69) is 5.32 Å². The molecule has 0 spiro atoms. The second-order valence-electron chi connectivity index (χ2n) is 7.66. The highest BCUT2D eigenvalue weighted by molar-refractivity contribution is 5.73. The highest BCUT2D eigenvalue weighted by atomic mass is 16.6. The maximum Gasteiger partial charge on any atom is 0.217 e. The Balaban J connectivity index is 2.22. The lowest BCUT2D eigenvalue weighted by molar-refractivity contribution is -0.311. The van der Waals surface area contributed by atoms with Crippen LogP contribution in [0.3, 0.4) is 0 Å². The number of rotatable bonds is 6. The Morgan fingerprint density at radius 1 is 1.24 bits per heavy atom. The van der Waals surface area contributed by atoms with Crippen LogP contribution in [0, 0.1) is 6.10 Å². The molecule has 29 heavy (non-hydrogen) atoms. The fourth-order valence-electron chi connectivity index (χ4n) is 3.63. The van der Waals surface area contributed by atoms with E-state index in [1.54, 1.807) is 0 Å². The van der Waals surface area contributed by atoms with Crippen molar-refractivity contribution in [3.05, 3.63) is 6.10 Å². The van der Waals surface area contributed by atoms with Crippen molar-refractivity contribution < 1.29 is 55.1 Å². The normalized spacial score (nSPS) is 43.6. The van der Waals surface area contributed by atoms with Crippen molar-refractivity contribution in [3.63, 3.8) is 0 Å². The Morgan fingerprint density at radius 3 is 2.41 bits per heavy atom. The van der Waals surface area contributed by atoms with Crippen LogP contribution >= 0.6 is 0 Å². The Labute approximate surface area is 167 Å². The number of hydrogen-bond donors (Lipinski definition) is 9. The van der Waals surface area contributed by atoms with Crippen molar-refractivity contribution in [3.8, 4) is 0 Å². The van der Waals surface area contributed by atoms with Crippen LogP contribution < -0.4 is 5.32 Å². The molecular weight excluding hydrogens is 394 g/mol. The van der Waals surface area contributed by atoms with Crippen molar-refractivity contribution in [2.45, 2.75) is 87.3 Å². The quantitative estimate of drug-likeness (QED) is 0.198. The van der Waals surface area contributed by atoms with Gasteiger partial charge in [0.25, 0.3) is 0 Å². The molecule has 2 fully saturated rings. The van der Waals surface area contributed by atoms with Crippen molar-refractivity contribution in [2.75, 3.05) is 6.61 Å². The molecule has 2 aliphatic heterocycles. The number of amides is 1. The van der Waals surface area contributed by atoms with Gasteiger partial charge in [0.1, 0.15) is 42.7 Å². The van der Waals surface area contributed by atoms with E-state index < -0.39 is 86.0 Å². The highest BCUT2D eigenvalue weighted by Gasteiger charge is 2.53. The molecule has 2 rings (SSSR count). The minimum absolute atomic E-state index is 0.209. The van der Waals surface area contributed by atoms with Gasteiger partial charge in [-0.2, -0.15) is 0 Å². The molecule has 12 nitrogen and oxygen atoms in total. The van der Waals surface area contributed by atoms with Crippen molar-refractivity contribution in [2.24, 2.45) is 0 Å². The Morgan fingerprint density at radius 2 is 1.86 bits per heavy atom. The zero-order valence-corrected chi connectivity index (χ0v) is 16.1. The third-order valence-electron chi connectivity index (χ3n) is 5.21.